The SMILES string of the molecule is C[C@@]1(NC(=O)COC(=O)c2c3c(nc4ccccc24)CCC3)CCS(=O)(=O)C1. The van der Waals surface area contributed by atoms with Crippen LogP contribution in [-0.4, -0.2) is 48.9 Å². The molecule has 1 atom stereocenters. The summed E-state index contributed by atoms with van der Waals surface area (Å²) in [6.45, 7) is 1.25. The number of rotatable bonds is 4. The second kappa shape index (κ2) is 6.84. The lowest BCUT2D eigenvalue weighted by Gasteiger charge is -2.23. The maximum absolute atomic E-state index is 12.8. The molecular formula is C20H22N2O5S. The highest BCUT2D eigenvalue weighted by Gasteiger charge is 2.39. The fraction of sp³-hybridized carbons (Fsp3) is 0.450. The molecule has 2 aliphatic rings. The van der Waals surface area contributed by atoms with Gasteiger partial charge in [-0.3, -0.25) is 9.78 Å². The van der Waals surface area contributed by atoms with Crippen molar-refractivity contribution in [3.8, 4) is 0 Å². The van der Waals surface area contributed by atoms with Crippen molar-refractivity contribution in [3.63, 3.8) is 0 Å². The molecule has 28 heavy (non-hydrogen) atoms. The first-order chi connectivity index (χ1) is 13.3. The topological polar surface area (TPSA) is 102 Å². The molecule has 1 aromatic heterocycles. The third kappa shape index (κ3) is 3.61. The Morgan fingerprint density at radius 2 is 2.04 bits per heavy atom. The maximum atomic E-state index is 12.8. The minimum absolute atomic E-state index is 0.0543. The number of nitrogens with zero attached hydrogens (tertiary/aromatic N) is 1. The summed E-state index contributed by atoms with van der Waals surface area (Å²) in [5.41, 5.74) is 2.23. The monoisotopic (exact) mass is 402 g/mol. The number of aryl methyl sites for hydroxylation is 1. The van der Waals surface area contributed by atoms with Crippen LogP contribution in [0, 0.1) is 0 Å². The van der Waals surface area contributed by atoms with Crippen molar-refractivity contribution in [2.24, 2.45) is 0 Å². The Kier molecular flexibility index (Phi) is 4.61. The number of nitrogens with one attached hydrogen (secondary N) is 1. The van der Waals surface area contributed by atoms with Gasteiger partial charge in [0.1, 0.15) is 0 Å². The number of pyridine rings is 1. The fourth-order valence-corrected chi connectivity index (χ4v) is 6.22. The summed E-state index contributed by atoms with van der Waals surface area (Å²) in [6.07, 6.45) is 2.89. The molecule has 0 saturated carbocycles. The van der Waals surface area contributed by atoms with Crippen LogP contribution in [0.15, 0.2) is 24.3 Å². The van der Waals surface area contributed by atoms with Crippen molar-refractivity contribution in [2.75, 3.05) is 18.1 Å². The number of ether oxygens (including phenoxy) is 1. The lowest BCUT2D eigenvalue weighted by Crippen LogP contribution is -2.48. The number of hydrogen-bond donors (Lipinski definition) is 1. The predicted octanol–water partition coefficient (Wildman–Crippen LogP) is 1.57. The van der Waals surface area contributed by atoms with Gasteiger partial charge in [-0.05, 0) is 44.2 Å². The van der Waals surface area contributed by atoms with Gasteiger partial charge in [0.2, 0.25) is 0 Å². The van der Waals surface area contributed by atoms with Crippen LogP contribution in [0.1, 0.15) is 41.4 Å². The lowest BCUT2D eigenvalue weighted by molar-refractivity contribution is -0.125. The third-order valence-electron chi connectivity index (χ3n) is 5.40. The summed E-state index contributed by atoms with van der Waals surface area (Å²) in [6, 6.07) is 7.41. The molecule has 0 bridgehead atoms. The van der Waals surface area contributed by atoms with Gasteiger partial charge in [0, 0.05) is 11.1 Å². The normalized spacial score (nSPS) is 22.8. The van der Waals surface area contributed by atoms with Crippen LogP contribution < -0.4 is 5.32 Å². The van der Waals surface area contributed by atoms with E-state index in [4.69, 9.17) is 4.74 Å². The van der Waals surface area contributed by atoms with Crippen LogP contribution in [0.4, 0.5) is 0 Å². The summed E-state index contributed by atoms with van der Waals surface area (Å²) in [5.74, 6) is -1.08. The zero-order valence-electron chi connectivity index (χ0n) is 15.7. The molecule has 8 heteroatoms. The number of hydrogen-bond acceptors (Lipinski definition) is 6. The van der Waals surface area contributed by atoms with Gasteiger partial charge in [-0.25, -0.2) is 13.2 Å². The molecule has 1 fully saturated rings. The molecule has 1 N–H and O–H groups in total. The number of para-hydroxylation sites is 1. The van der Waals surface area contributed by atoms with Gasteiger partial charge in [0.25, 0.3) is 5.91 Å². The largest absolute Gasteiger partial charge is 0.452 e. The smallest absolute Gasteiger partial charge is 0.339 e. The van der Waals surface area contributed by atoms with Gasteiger partial charge in [-0.2, -0.15) is 0 Å². The lowest BCUT2D eigenvalue weighted by atomic mass is 10.0. The molecule has 0 spiro atoms. The van der Waals surface area contributed by atoms with Crippen LogP contribution >= 0.6 is 0 Å². The van der Waals surface area contributed by atoms with Crippen molar-refractivity contribution in [1.29, 1.82) is 0 Å². The molecule has 1 aromatic carbocycles. The summed E-state index contributed by atoms with van der Waals surface area (Å²) in [4.78, 5) is 29.7. The Balaban J connectivity index is 1.50. The van der Waals surface area contributed by atoms with E-state index in [1.54, 1.807) is 6.92 Å². The highest BCUT2D eigenvalue weighted by molar-refractivity contribution is 7.91. The first-order valence-corrected chi connectivity index (χ1v) is 11.2. The summed E-state index contributed by atoms with van der Waals surface area (Å²) >= 11 is 0. The molecule has 2 aromatic rings. The quantitative estimate of drug-likeness (QED) is 0.779. The average Bonchev–Trinajstić information content (AvgIpc) is 3.20. The van der Waals surface area contributed by atoms with Crippen LogP contribution in [0.25, 0.3) is 10.9 Å². The minimum Gasteiger partial charge on any atom is -0.452 e. The molecule has 148 valence electrons. The van der Waals surface area contributed by atoms with Gasteiger partial charge >= 0.3 is 5.97 Å². The van der Waals surface area contributed by atoms with Gasteiger partial charge in [-0.1, -0.05) is 18.2 Å². The van der Waals surface area contributed by atoms with Gasteiger partial charge in [0.15, 0.2) is 16.4 Å². The fourth-order valence-electron chi connectivity index (χ4n) is 4.13. The molecule has 4 rings (SSSR count). The molecule has 2 heterocycles. The molecular weight excluding hydrogens is 380 g/mol. The first-order valence-electron chi connectivity index (χ1n) is 9.35. The Bertz CT molecular complexity index is 1080. The summed E-state index contributed by atoms with van der Waals surface area (Å²) in [5, 5.41) is 3.42. The third-order valence-corrected chi connectivity index (χ3v) is 7.31. The Morgan fingerprint density at radius 1 is 1.25 bits per heavy atom. The van der Waals surface area contributed by atoms with E-state index in [9.17, 15) is 18.0 Å². The zero-order valence-corrected chi connectivity index (χ0v) is 16.5. The Hall–Kier alpha value is -2.48. The second-order valence-corrected chi connectivity index (χ2v) is 9.99. The molecule has 0 unspecified atom stereocenters. The number of aromatic nitrogens is 1. The summed E-state index contributed by atoms with van der Waals surface area (Å²) in [7, 11) is -3.13. The average molecular weight is 402 g/mol. The van der Waals surface area contributed by atoms with Crippen molar-refractivity contribution >= 4 is 32.6 Å². The second-order valence-electron chi connectivity index (χ2n) is 7.81. The number of sulfone groups is 1. The van der Waals surface area contributed by atoms with E-state index < -0.39 is 33.9 Å². The van der Waals surface area contributed by atoms with Crippen LogP contribution in [0.3, 0.4) is 0 Å². The number of carbonyl (C=O) groups excluding carboxylic acids is 2. The van der Waals surface area contributed by atoms with E-state index in [0.717, 1.165) is 41.4 Å². The van der Waals surface area contributed by atoms with Crippen molar-refractivity contribution in [2.45, 2.75) is 38.1 Å². The van der Waals surface area contributed by atoms with Crippen LogP contribution in [-0.2, 0) is 32.2 Å². The molecule has 1 aliphatic carbocycles. The molecule has 7 nitrogen and oxygen atoms in total. The van der Waals surface area contributed by atoms with Gasteiger partial charge in [-0.15, -0.1) is 0 Å². The van der Waals surface area contributed by atoms with Crippen molar-refractivity contribution in [3.05, 3.63) is 41.1 Å². The minimum atomic E-state index is -3.13. The highest BCUT2D eigenvalue weighted by atomic mass is 32.2. The van der Waals surface area contributed by atoms with E-state index in [1.807, 2.05) is 24.3 Å². The molecule has 1 amide bonds. The molecule has 1 aliphatic heterocycles. The van der Waals surface area contributed by atoms with E-state index in [2.05, 4.69) is 10.3 Å². The van der Waals surface area contributed by atoms with E-state index in [-0.39, 0.29) is 11.5 Å². The number of carbonyl (C=O) groups is 2. The van der Waals surface area contributed by atoms with E-state index in [1.165, 1.54) is 0 Å². The van der Waals surface area contributed by atoms with E-state index >= 15 is 0 Å². The van der Waals surface area contributed by atoms with Gasteiger partial charge in [0.05, 0.1) is 28.1 Å². The first kappa shape index (κ1) is 18.9. The van der Waals surface area contributed by atoms with E-state index in [0.29, 0.717) is 12.0 Å². The van der Waals surface area contributed by atoms with Crippen molar-refractivity contribution in [1.82, 2.24) is 10.3 Å². The molecule has 0 radical (unpaired) electrons. The molecule has 1 saturated heterocycles. The van der Waals surface area contributed by atoms with Crippen LogP contribution in [0.5, 0.6) is 0 Å². The standard InChI is InChI=1S/C20H22N2O5S/c1-20(9-10-28(25,26)12-20)22-17(23)11-27-19(24)18-13-5-2-3-7-15(13)21-16-8-4-6-14(16)18/h2-3,5,7H,4,6,8-12H2,1H3,(H,22,23)/t20-/m1/s1. The highest BCUT2D eigenvalue weighted by Crippen LogP contribution is 2.30. The maximum Gasteiger partial charge on any atom is 0.339 e. The summed E-state index contributed by atoms with van der Waals surface area (Å²) < 4.78 is 28.6. The van der Waals surface area contributed by atoms with Gasteiger partial charge < -0.3 is 10.1 Å². The van der Waals surface area contributed by atoms with Crippen molar-refractivity contribution < 1.29 is 22.7 Å². The number of amides is 1. The van der Waals surface area contributed by atoms with Crippen LogP contribution in [0.2, 0.25) is 0 Å². The predicted molar refractivity (Wildman–Crippen MR) is 104 cm³/mol. The number of esters is 1. The number of benzene rings is 1. The Morgan fingerprint density at radius 3 is 2.79 bits per heavy atom. The Labute approximate surface area is 163 Å². The number of fused-ring (bicyclic) bond motifs is 2. The zero-order chi connectivity index (χ0) is 19.9.